The average Bonchev–Trinajstić information content (AvgIpc) is 2.41. The summed E-state index contributed by atoms with van der Waals surface area (Å²) in [5.74, 6) is -0.331. The predicted octanol–water partition coefficient (Wildman–Crippen LogP) is 2.47. The van der Waals surface area contributed by atoms with Crippen LogP contribution >= 0.6 is 11.8 Å². The normalized spacial score (nSPS) is 11.5. The average molecular weight is 312 g/mol. The summed E-state index contributed by atoms with van der Waals surface area (Å²) in [6, 6.07) is 10.6. The molecule has 0 amide bonds. The van der Waals surface area contributed by atoms with Gasteiger partial charge in [0.25, 0.3) is 0 Å². The van der Waals surface area contributed by atoms with E-state index in [9.17, 15) is 12.8 Å². The van der Waals surface area contributed by atoms with Gasteiger partial charge in [-0.15, -0.1) is 0 Å². The maximum atomic E-state index is 13.1. The Bertz CT molecular complexity index is 733. The second-order valence-electron chi connectivity index (χ2n) is 3.97. The van der Waals surface area contributed by atoms with E-state index in [-0.39, 0.29) is 10.7 Å². The molecule has 0 aromatic heterocycles. The monoisotopic (exact) mass is 312 g/mol. The van der Waals surface area contributed by atoms with Crippen molar-refractivity contribution in [1.82, 2.24) is 4.72 Å². The highest BCUT2D eigenvalue weighted by atomic mass is 32.2. The first kappa shape index (κ1) is 14.8. The maximum Gasteiger partial charge on any atom is 0.240 e. The van der Waals surface area contributed by atoms with Crippen LogP contribution in [0.3, 0.4) is 0 Å². The van der Waals surface area contributed by atoms with E-state index in [2.05, 4.69) is 4.72 Å². The Morgan fingerprint density at radius 3 is 2.55 bits per heavy atom. The van der Waals surface area contributed by atoms with Crippen LogP contribution in [0.5, 0.6) is 0 Å². The molecule has 0 spiro atoms. The largest absolute Gasteiger partial charge is 0.398 e. The molecular formula is C13H13FN2O2S2. The first-order valence-corrected chi connectivity index (χ1v) is 7.99. The minimum atomic E-state index is -3.52. The predicted molar refractivity (Wildman–Crippen MR) is 77.6 cm³/mol. The van der Waals surface area contributed by atoms with Crippen molar-refractivity contribution in [3.8, 4) is 0 Å². The number of nitrogen functional groups attached to an aromatic ring is 1. The topological polar surface area (TPSA) is 72.2 Å². The molecule has 0 atom stereocenters. The highest BCUT2D eigenvalue weighted by Gasteiger charge is 2.13. The fourth-order valence-electron chi connectivity index (χ4n) is 1.56. The van der Waals surface area contributed by atoms with Crippen molar-refractivity contribution in [3.05, 3.63) is 48.3 Å². The van der Waals surface area contributed by atoms with E-state index in [0.717, 1.165) is 0 Å². The van der Waals surface area contributed by atoms with Gasteiger partial charge in [0.15, 0.2) is 0 Å². The Hall–Kier alpha value is -1.57. The number of hydrogen-bond acceptors (Lipinski definition) is 4. The quantitative estimate of drug-likeness (QED) is 0.851. The Balaban J connectivity index is 2.31. The van der Waals surface area contributed by atoms with Gasteiger partial charge in [-0.25, -0.2) is 17.5 Å². The summed E-state index contributed by atoms with van der Waals surface area (Å²) in [7, 11) is -2.18. The van der Waals surface area contributed by atoms with Crippen molar-refractivity contribution in [2.45, 2.75) is 14.7 Å². The van der Waals surface area contributed by atoms with Crippen LogP contribution in [0.15, 0.2) is 57.2 Å². The first-order valence-electron chi connectivity index (χ1n) is 5.69. The van der Waals surface area contributed by atoms with Gasteiger partial charge in [0.2, 0.25) is 10.0 Å². The second kappa shape index (κ2) is 5.82. The van der Waals surface area contributed by atoms with Crippen LogP contribution in [-0.4, -0.2) is 15.5 Å². The molecule has 2 rings (SSSR count). The summed E-state index contributed by atoms with van der Waals surface area (Å²) in [6.07, 6.45) is 0. The van der Waals surface area contributed by atoms with Gasteiger partial charge in [0.05, 0.1) is 4.90 Å². The number of nitrogens with one attached hydrogen (secondary N) is 1. The molecule has 0 heterocycles. The van der Waals surface area contributed by atoms with E-state index in [4.69, 9.17) is 5.73 Å². The lowest BCUT2D eigenvalue weighted by Gasteiger charge is -2.08. The molecule has 0 unspecified atom stereocenters. The lowest BCUT2D eigenvalue weighted by atomic mass is 10.3. The molecule has 0 aliphatic carbocycles. The molecule has 2 aromatic rings. The summed E-state index contributed by atoms with van der Waals surface area (Å²) in [4.78, 5) is 1.47. The van der Waals surface area contributed by atoms with Gasteiger partial charge in [-0.2, -0.15) is 0 Å². The van der Waals surface area contributed by atoms with Gasteiger partial charge < -0.3 is 5.73 Å². The van der Waals surface area contributed by atoms with Crippen molar-refractivity contribution >= 4 is 27.5 Å². The molecule has 106 valence electrons. The van der Waals surface area contributed by atoms with Crippen LogP contribution in [0.25, 0.3) is 0 Å². The number of benzene rings is 2. The lowest BCUT2D eigenvalue weighted by molar-refractivity contribution is 0.588. The molecule has 7 heteroatoms. The summed E-state index contributed by atoms with van der Waals surface area (Å²) < 4.78 is 38.6. The highest BCUT2D eigenvalue weighted by Crippen LogP contribution is 2.33. The summed E-state index contributed by atoms with van der Waals surface area (Å²) in [5.41, 5.74) is 6.18. The maximum absolute atomic E-state index is 13.1. The Labute approximate surface area is 121 Å². The zero-order chi connectivity index (χ0) is 14.8. The number of nitrogens with two attached hydrogens (primary N) is 1. The number of sulfonamides is 1. The molecule has 20 heavy (non-hydrogen) atoms. The third kappa shape index (κ3) is 3.30. The van der Waals surface area contributed by atoms with Crippen LogP contribution in [-0.2, 0) is 10.0 Å². The van der Waals surface area contributed by atoms with Crippen molar-refractivity contribution in [2.75, 3.05) is 12.8 Å². The molecule has 0 aliphatic rings. The molecule has 2 aromatic carbocycles. The first-order chi connectivity index (χ1) is 9.42. The van der Waals surface area contributed by atoms with E-state index in [1.807, 2.05) is 0 Å². The van der Waals surface area contributed by atoms with Crippen LogP contribution in [0.4, 0.5) is 10.1 Å². The number of halogens is 1. The zero-order valence-electron chi connectivity index (χ0n) is 10.6. The lowest BCUT2D eigenvalue weighted by Crippen LogP contribution is -2.18. The molecule has 0 radical (unpaired) electrons. The summed E-state index contributed by atoms with van der Waals surface area (Å²) in [6.45, 7) is 0. The highest BCUT2D eigenvalue weighted by molar-refractivity contribution is 7.99. The van der Waals surface area contributed by atoms with E-state index in [1.54, 1.807) is 18.2 Å². The smallest absolute Gasteiger partial charge is 0.240 e. The van der Waals surface area contributed by atoms with Crippen LogP contribution in [0.1, 0.15) is 0 Å². The van der Waals surface area contributed by atoms with Crippen LogP contribution in [0.2, 0.25) is 0 Å². The van der Waals surface area contributed by atoms with E-state index in [0.29, 0.717) is 15.5 Å². The van der Waals surface area contributed by atoms with Crippen molar-refractivity contribution in [3.63, 3.8) is 0 Å². The standard InChI is InChI=1S/C13H13FN2O2S2/c1-16-20(17,18)11-5-6-13(12(15)8-11)19-10-4-2-3-9(14)7-10/h2-8,16H,15H2,1H3. The fourth-order valence-corrected chi connectivity index (χ4v) is 3.21. The minimum absolute atomic E-state index is 0.0982. The Morgan fingerprint density at radius 2 is 1.95 bits per heavy atom. The molecule has 0 fully saturated rings. The van der Waals surface area contributed by atoms with Gasteiger partial charge in [-0.1, -0.05) is 17.8 Å². The fraction of sp³-hybridized carbons (Fsp3) is 0.0769. The van der Waals surface area contributed by atoms with E-state index in [1.165, 1.54) is 43.1 Å². The van der Waals surface area contributed by atoms with E-state index < -0.39 is 10.0 Å². The molecular weight excluding hydrogens is 299 g/mol. The third-order valence-electron chi connectivity index (χ3n) is 2.58. The third-order valence-corrected chi connectivity index (χ3v) is 5.08. The SMILES string of the molecule is CNS(=O)(=O)c1ccc(Sc2cccc(F)c2)c(N)c1. The van der Waals surface area contributed by atoms with Crippen LogP contribution in [0, 0.1) is 5.82 Å². The van der Waals surface area contributed by atoms with Crippen LogP contribution < -0.4 is 10.5 Å². The molecule has 0 saturated heterocycles. The molecule has 4 nitrogen and oxygen atoms in total. The minimum Gasteiger partial charge on any atom is -0.398 e. The molecule has 0 bridgehead atoms. The van der Waals surface area contributed by atoms with Gasteiger partial charge in [-0.05, 0) is 43.4 Å². The molecule has 0 saturated carbocycles. The number of anilines is 1. The van der Waals surface area contributed by atoms with Gasteiger partial charge >= 0.3 is 0 Å². The van der Waals surface area contributed by atoms with Crippen molar-refractivity contribution in [2.24, 2.45) is 0 Å². The zero-order valence-corrected chi connectivity index (χ0v) is 12.3. The Kier molecular flexibility index (Phi) is 4.32. The molecule has 3 N–H and O–H groups in total. The summed E-state index contributed by atoms with van der Waals surface area (Å²) >= 11 is 1.28. The van der Waals surface area contributed by atoms with Gasteiger partial charge in [0, 0.05) is 15.5 Å². The van der Waals surface area contributed by atoms with Gasteiger partial charge in [0.1, 0.15) is 5.82 Å². The van der Waals surface area contributed by atoms with Crippen molar-refractivity contribution in [1.29, 1.82) is 0 Å². The Morgan fingerprint density at radius 1 is 1.20 bits per heavy atom. The second-order valence-corrected chi connectivity index (χ2v) is 6.97. The molecule has 0 aliphatic heterocycles. The van der Waals surface area contributed by atoms with E-state index >= 15 is 0 Å². The number of rotatable bonds is 4. The van der Waals surface area contributed by atoms with Gasteiger partial charge in [-0.3, -0.25) is 0 Å². The number of hydrogen-bond donors (Lipinski definition) is 2. The van der Waals surface area contributed by atoms with Crippen molar-refractivity contribution < 1.29 is 12.8 Å². The summed E-state index contributed by atoms with van der Waals surface area (Å²) in [5, 5.41) is 0.